The van der Waals surface area contributed by atoms with Gasteiger partial charge in [-0.25, -0.2) is 14.0 Å². The normalized spacial score (nSPS) is 22.1. The van der Waals surface area contributed by atoms with Crippen LogP contribution in [0.3, 0.4) is 0 Å². The van der Waals surface area contributed by atoms with Crippen LogP contribution in [0.15, 0.2) is 42.5 Å². The van der Waals surface area contributed by atoms with Gasteiger partial charge in [0, 0.05) is 47.6 Å². The predicted molar refractivity (Wildman–Crippen MR) is 193 cm³/mol. The molecule has 7 rings (SSSR count). The van der Waals surface area contributed by atoms with Crippen LogP contribution in [0.25, 0.3) is 11.1 Å². The summed E-state index contributed by atoms with van der Waals surface area (Å²) in [7, 11) is 1.29. The Morgan fingerprint density at radius 1 is 1.00 bits per heavy atom. The summed E-state index contributed by atoms with van der Waals surface area (Å²) in [6.07, 6.45) is -3.23. The quantitative estimate of drug-likeness (QED) is 0.212. The van der Waals surface area contributed by atoms with Crippen LogP contribution in [-0.4, -0.2) is 98.3 Å². The summed E-state index contributed by atoms with van der Waals surface area (Å²) >= 11 is 13.4. The number of fused-ring (bicyclic) bond motifs is 3. The topological polar surface area (TPSA) is 121 Å². The maximum atomic E-state index is 15.9. The number of amides is 1. The molecular formula is C37H38Cl2F4N4O7. The van der Waals surface area contributed by atoms with Gasteiger partial charge in [-0.15, -0.1) is 0 Å². The van der Waals surface area contributed by atoms with Gasteiger partial charge in [-0.1, -0.05) is 41.4 Å². The lowest BCUT2D eigenvalue weighted by molar-refractivity contribution is -0.192. The number of carbonyl (C=O) groups excluding carboxylic acids is 2. The average molecular weight is 798 g/mol. The number of benzene rings is 3. The molecule has 0 radical (unpaired) electrons. The molecule has 4 aliphatic heterocycles. The zero-order valence-corrected chi connectivity index (χ0v) is 31.0. The lowest BCUT2D eigenvalue weighted by Gasteiger charge is -2.39. The number of nitrogens with zero attached hydrogens (tertiary/aromatic N) is 3. The van der Waals surface area contributed by atoms with Gasteiger partial charge in [-0.05, 0) is 51.0 Å². The number of piperazine rings is 1. The molecule has 1 amide bonds. The summed E-state index contributed by atoms with van der Waals surface area (Å²) in [5.74, 6) is -3.81. The van der Waals surface area contributed by atoms with Crippen molar-refractivity contribution < 1.29 is 51.3 Å². The first kappa shape index (κ1) is 39.4. The highest BCUT2D eigenvalue weighted by Crippen LogP contribution is 2.43. The first-order valence-corrected chi connectivity index (χ1v) is 18.0. The number of carboxylic acids is 1. The van der Waals surface area contributed by atoms with Crippen LogP contribution < -0.4 is 19.9 Å². The zero-order chi connectivity index (χ0) is 39.1. The van der Waals surface area contributed by atoms with Crippen LogP contribution in [0.2, 0.25) is 10.0 Å². The first-order chi connectivity index (χ1) is 25.6. The lowest BCUT2D eigenvalue weighted by atomic mass is 9.96. The van der Waals surface area contributed by atoms with Crippen LogP contribution in [0.4, 0.5) is 28.9 Å². The number of nitrogens with one attached hydrogen (secondary N) is 1. The third-order valence-corrected chi connectivity index (χ3v) is 10.6. The van der Waals surface area contributed by atoms with Crippen LogP contribution in [0, 0.1) is 5.82 Å². The molecule has 3 fully saturated rings. The summed E-state index contributed by atoms with van der Waals surface area (Å²) in [5.41, 5.74) is 3.41. The Balaban J connectivity index is 0.000000649. The number of carbonyl (C=O) groups is 3. The fourth-order valence-electron chi connectivity index (χ4n) is 7.36. The van der Waals surface area contributed by atoms with Gasteiger partial charge in [0.2, 0.25) is 0 Å². The zero-order valence-electron chi connectivity index (χ0n) is 29.5. The molecule has 54 heavy (non-hydrogen) atoms. The van der Waals surface area contributed by atoms with Crippen molar-refractivity contribution in [2.45, 2.75) is 63.6 Å². The van der Waals surface area contributed by atoms with Crippen LogP contribution in [-0.2, 0) is 20.8 Å². The number of anilines is 2. The summed E-state index contributed by atoms with van der Waals surface area (Å²) in [6, 6.07) is 12.7. The average Bonchev–Trinajstić information content (AvgIpc) is 3.37. The van der Waals surface area contributed by atoms with Gasteiger partial charge < -0.3 is 39.3 Å². The van der Waals surface area contributed by atoms with Crippen molar-refractivity contribution in [2.75, 3.05) is 49.9 Å². The Labute approximate surface area is 318 Å². The summed E-state index contributed by atoms with van der Waals surface area (Å²) in [4.78, 5) is 41.5. The SMILES string of the molecule is COC(=O)c1cc(F)c(-c2cccc3c2OCN(C(=O)c2c(Cl)cc(N4C[C@H](C)NC[C@@H]4C)cc2Cl)C3)cc1N1C2CCC1COC2.O=C(O)C(F)(F)F. The fraction of sp³-hybridized carbons (Fsp3) is 0.432. The third kappa shape index (κ3) is 7.90. The Morgan fingerprint density at radius 3 is 2.26 bits per heavy atom. The second kappa shape index (κ2) is 15.8. The molecule has 0 spiro atoms. The molecule has 0 aromatic heterocycles. The summed E-state index contributed by atoms with van der Waals surface area (Å²) < 4.78 is 64.6. The molecule has 3 aromatic rings. The van der Waals surface area contributed by atoms with Gasteiger partial charge in [-0.3, -0.25) is 4.79 Å². The largest absolute Gasteiger partial charge is 0.490 e. The molecule has 0 saturated carbocycles. The van der Waals surface area contributed by atoms with E-state index in [0.29, 0.717) is 47.4 Å². The molecular weight excluding hydrogens is 759 g/mol. The van der Waals surface area contributed by atoms with E-state index in [-0.39, 0.29) is 58.5 Å². The predicted octanol–water partition coefficient (Wildman–Crippen LogP) is 6.77. The van der Waals surface area contributed by atoms with Gasteiger partial charge >= 0.3 is 18.1 Å². The van der Waals surface area contributed by atoms with E-state index in [9.17, 15) is 22.8 Å². The second-order valence-corrected chi connectivity index (χ2v) is 14.5. The van der Waals surface area contributed by atoms with E-state index in [2.05, 4.69) is 29.0 Å². The van der Waals surface area contributed by atoms with Crippen molar-refractivity contribution >= 4 is 52.4 Å². The Morgan fingerprint density at radius 2 is 1.65 bits per heavy atom. The van der Waals surface area contributed by atoms with E-state index in [4.69, 9.17) is 47.3 Å². The number of para-hydroxylation sites is 1. The third-order valence-electron chi connectivity index (χ3n) is 9.99. The van der Waals surface area contributed by atoms with Crippen molar-refractivity contribution in [1.82, 2.24) is 10.2 Å². The number of halogens is 6. The van der Waals surface area contributed by atoms with E-state index in [1.807, 2.05) is 12.1 Å². The highest BCUT2D eigenvalue weighted by Gasteiger charge is 2.40. The Bertz CT molecular complexity index is 1910. The number of morpholine rings is 1. The molecule has 290 valence electrons. The number of methoxy groups -OCH3 is 1. The maximum absolute atomic E-state index is 15.9. The minimum atomic E-state index is -5.08. The number of alkyl halides is 3. The molecule has 2 unspecified atom stereocenters. The first-order valence-electron chi connectivity index (χ1n) is 17.2. The number of carboxylic acid groups (broad SMARTS) is 1. The van der Waals surface area contributed by atoms with Crippen LogP contribution in [0.1, 0.15) is 53.0 Å². The van der Waals surface area contributed by atoms with Crippen LogP contribution in [0.5, 0.6) is 5.75 Å². The summed E-state index contributed by atoms with van der Waals surface area (Å²) in [5, 5.41) is 11.1. The van der Waals surface area contributed by atoms with E-state index in [0.717, 1.165) is 31.6 Å². The highest BCUT2D eigenvalue weighted by atomic mass is 35.5. The van der Waals surface area contributed by atoms with Gasteiger partial charge in [-0.2, -0.15) is 13.2 Å². The standard InChI is InChI=1S/C35H37Cl2FN4O5.C2HF3O2/c1-19-14-41(20(2)13-39-19)24-9-28(36)32(29(37)10-24)34(43)40-15-21-5-4-6-25(33(21)47-18-40)26-12-31(27(11-30(26)38)35(44)45-3)42-22-7-8-23(42)17-46-16-22;3-2(4,5)1(6)7/h4-6,9-12,19-20,22-23,39H,7-8,13-18H2,1-3H3;(H,6,7)/t19-,20-,22?,23?;/m0./s1. The highest BCUT2D eigenvalue weighted by molar-refractivity contribution is 6.40. The molecule has 2 N–H and O–H groups in total. The Kier molecular flexibility index (Phi) is 11.5. The van der Waals surface area contributed by atoms with Gasteiger partial charge in [0.15, 0.2) is 6.73 Å². The van der Waals surface area contributed by atoms with Gasteiger partial charge in [0.05, 0.1) is 65.8 Å². The fourth-order valence-corrected chi connectivity index (χ4v) is 8.00. The van der Waals surface area contributed by atoms with Gasteiger partial charge in [0.25, 0.3) is 5.91 Å². The maximum Gasteiger partial charge on any atom is 0.490 e. The number of ether oxygens (including phenoxy) is 3. The van der Waals surface area contributed by atoms with E-state index < -0.39 is 23.9 Å². The van der Waals surface area contributed by atoms with E-state index in [1.54, 1.807) is 24.3 Å². The number of esters is 1. The van der Waals surface area contributed by atoms with Crippen molar-refractivity contribution in [1.29, 1.82) is 0 Å². The smallest absolute Gasteiger partial charge is 0.475 e. The second-order valence-electron chi connectivity index (χ2n) is 13.6. The monoisotopic (exact) mass is 796 g/mol. The van der Waals surface area contributed by atoms with Crippen molar-refractivity contribution in [3.8, 4) is 16.9 Å². The molecule has 4 atom stereocenters. The van der Waals surface area contributed by atoms with E-state index >= 15 is 4.39 Å². The Hall–Kier alpha value is -4.31. The summed E-state index contributed by atoms with van der Waals surface area (Å²) in [6.45, 7) is 7.10. The van der Waals surface area contributed by atoms with Crippen molar-refractivity contribution in [3.05, 3.63) is 75.0 Å². The van der Waals surface area contributed by atoms with Crippen LogP contribution >= 0.6 is 23.2 Å². The number of hydrogen-bond donors (Lipinski definition) is 2. The van der Waals surface area contributed by atoms with Gasteiger partial charge in [0.1, 0.15) is 11.6 Å². The van der Waals surface area contributed by atoms with Crippen molar-refractivity contribution in [2.24, 2.45) is 0 Å². The molecule has 4 aliphatic rings. The van der Waals surface area contributed by atoms with E-state index in [1.165, 1.54) is 18.1 Å². The number of hydrogen-bond acceptors (Lipinski definition) is 9. The number of aliphatic carboxylic acids is 1. The molecule has 17 heteroatoms. The molecule has 11 nitrogen and oxygen atoms in total. The molecule has 3 saturated heterocycles. The molecule has 3 aromatic carbocycles. The minimum Gasteiger partial charge on any atom is -0.475 e. The lowest BCUT2D eigenvalue weighted by Crippen LogP contribution is -2.54. The van der Waals surface area contributed by atoms with Crippen molar-refractivity contribution in [3.63, 3.8) is 0 Å². The molecule has 2 bridgehead atoms. The molecule has 4 heterocycles. The minimum absolute atomic E-state index is 0.0774. The number of rotatable bonds is 5. The molecule has 0 aliphatic carbocycles.